The molecule has 0 aromatic carbocycles. The van der Waals surface area contributed by atoms with Crippen molar-refractivity contribution in [3.8, 4) is 0 Å². The van der Waals surface area contributed by atoms with Gasteiger partial charge in [-0.15, -0.1) is 0 Å². The van der Waals surface area contributed by atoms with E-state index in [1.807, 2.05) is 0 Å². The van der Waals surface area contributed by atoms with Crippen LogP contribution < -0.4 is 5.32 Å². The second-order valence-corrected chi connectivity index (χ2v) is 3.29. The van der Waals surface area contributed by atoms with E-state index in [0.29, 0.717) is 6.04 Å². The van der Waals surface area contributed by atoms with Crippen LogP contribution in [0.2, 0.25) is 0 Å². The van der Waals surface area contributed by atoms with Gasteiger partial charge in [0.1, 0.15) is 0 Å². The summed E-state index contributed by atoms with van der Waals surface area (Å²) in [5.74, 6) is 0. The van der Waals surface area contributed by atoms with Crippen molar-refractivity contribution in [1.82, 2.24) is 5.32 Å². The monoisotopic (exact) mass is 163 g/mol. The van der Waals surface area contributed by atoms with E-state index in [1.54, 1.807) is 0 Å². The topological polar surface area (TPSA) is 12.0 Å². The number of hydrogen-bond donors (Lipinski definition) is 1. The van der Waals surface area contributed by atoms with E-state index in [4.69, 9.17) is 0 Å². The van der Waals surface area contributed by atoms with Crippen LogP contribution in [0.1, 0.15) is 19.8 Å². The Morgan fingerprint density at radius 3 is 3.17 bits per heavy atom. The summed E-state index contributed by atoms with van der Waals surface area (Å²) in [6.07, 6.45) is 10.6. The number of nitrogens with one attached hydrogen (secondary N) is 1. The molecule has 1 unspecified atom stereocenters. The third-order valence-corrected chi connectivity index (χ3v) is 1.95. The summed E-state index contributed by atoms with van der Waals surface area (Å²) in [6, 6.07) is 0.550. The molecule has 1 heteroatoms. The molecule has 0 aromatic rings. The Kier molecular flexibility index (Phi) is 3.81. The first-order chi connectivity index (χ1) is 5.79. The normalized spacial score (nSPS) is 31.1. The summed E-state index contributed by atoms with van der Waals surface area (Å²) in [6.45, 7) is 7.24. The van der Waals surface area contributed by atoms with Crippen molar-refractivity contribution < 1.29 is 0 Å². The predicted octanol–water partition coefficient (Wildman–Crippen LogP) is 2.43. The summed E-state index contributed by atoms with van der Waals surface area (Å²) in [5, 5.41) is 3.44. The number of hydrogen-bond acceptors (Lipinski definition) is 1. The minimum Gasteiger partial charge on any atom is -0.314 e. The van der Waals surface area contributed by atoms with Crippen LogP contribution in [0.15, 0.2) is 36.5 Å². The van der Waals surface area contributed by atoms with E-state index >= 15 is 0 Å². The fourth-order valence-electron chi connectivity index (χ4n) is 1.31. The number of allylic oxidation sites excluding steroid dienone is 3. The minimum atomic E-state index is 0.550. The molecule has 0 fully saturated rings. The highest BCUT2D eigenvalue weighted by atomic mass is 14.9. The second kappa shape index (κ2) is 4.94. The van der Waals surface area contributed by atoms with Crippen LogP contribution in [0.5, 0.6) is 0 Å². The average Bonchev–Trinajstić information content (AvgIpc) is 2.02. The smallest absolute Gasteiger partial charge is 0.00790 e. The molecule has 0 spiro atoms. The first kappa shape index (κ1) is 9.27. The molecule has 0 bridgehead atoms. The Labute approximate surface area is 74.9 Å². The van der Waals surface area contributed by atoms with Crippen LogP contribution >= 0.6 is 0 Å². The van der Waals surface area contributed by atoms with Gasteiger partial charge in [-0.25, -0.2) is 0 Å². The van der Waals surface area contributed by atoms with Crippen molar-refractivity contribution in [3.63, 3.8) is 0 Å². The maximum atomic E-state index is 3.98. The van der Waals surface area contributed by atoms with Gasteiger partial charge in [0.05, 0.1) is 0 Å². The van der Waals surface area contributed by atoms with E-state index in [1.165, 1.54) is 5.57 Å². The number of rotatable bonds is 0. The fraction of sp³-hybridized carbons (Fsp3) is 0.455. The van der Waals surface area contributed by atoms with Crippen molar-refractivity contribution in [2.75, 3.05) is 6.54 Å². The van der Waals surface area contributed by atoms with Gasteiger partial charge in [-0.1, -0.05) is 36.5 Å². The summed E-state index contributed by atoms with van der Waals surface area (Å²) in [5.41, 5.74) is 1.20. The molecule has 0 radical (unpaired) electrons. The molecule has 1 atom stereocenters. The van der Waals surface area contributed by atoms with Crippen LogP contribution in [0.4, 0.5) is 0 Å². The standard InChI is InChI=1S/C11H17N/c1-10-7-5-3-4-6-8-12-11(2)9-10/h3-5,7,11-12H,1,6,8-9H2,2H3/b4-3-,7-5-. The molecule has 0 amide bonds. The molecule has 66 valence electrons. The minimum absolute atomic E-state index is 0.550. The summed E-state index contributed by atoms with van der Waals surface area (Å²) >= 11 is 0. The Morgan fingerprint density at radius 1 is 1.50 bits per heavy atom. The SMILES string of the molecule is C=C1/C=C\C=C/CCNC(C)C1. The Balaban J connectivity index is 2.53. The molecule has 1 aliphatic rings. The van der Waals surface area contributed by atoms with Gasteiger partial charge in [-0.2, -0.15) is 0 Å². The van der Waals surface area contributed by atoms with Crippen LogP contribution in [0, 0.1) is 0 Å². The van der Waals surface area contributed by atoms with Crippen LogP contribution in [0.3, 0.4) is 0 Å². The average molecular weight is 163 g/mol. The van der Waals surface area contributed by atoms with Crippen molar-refractivity contribution in [3.05, 3.63) is 36.5 Å². The lowest BCUT2D eigenvalue weighted by Gasteiger charge is -2.13. The van der Waals surface area contributed by atoms with E-state index < -0.39 is 0 Å². The molecular weight excluding hydrogens is 146 g/mol. The van der Waals surface area contributed by atoms with Crippen molar-refractivity contribution in [2.24, 2.45) is 0 Å². The highest BCUT2D eigenvalue weighted by molar-refractivity contribution is 5.20. The molecule has 12 heavy (non-hydrogen) atoms. The third kappa shape index (κ3) is 3.54. The lowest BCUT2D eigenvalue weighted by molar-refractivity contribution is 0.553. The molecular formula is C11H17N. The Hall–Kier alpha value is -0.820. The van der Waals surface area contributed by atoms with Crippen LogP contribution in [0.25, 0.3) is 0 Å². The van der Waals surface area contributed by atoms with E-state index in [2.05, 4.69) is 43.1 Å². The van der Waals surface area contributed by atoms with Gasteiger partial charge >= 0.3 is 0 Å². The molecule has 0 aromatic heterocycles. The maximum absolute atomic E-state index is 3.98. The van der Waals surface area contributed by atoms with Gasteiger partial charge in [0.25, 0.3) is 0 Å². The first-order valence-corrected chi connectivity index (χ1v) is 4.53. The first-order valence-electron chi connectivity index (χ1n) is 4.53. The van der Waals surface area contributed by atoms with Crippen LogP contribution in [-0.4, -0.2) is 12.6 Å². The molecule has 1 nitrogen and oxygen atoms in total. The zero-order valence-electron chi connectivity index (χ0n) is 7.72. The zero-order chi connectivity index (χ0) is 8.81. The summed E-state index contributed by atoms with van der Waals surface area (Å²) < 4.78 is 0. The van der Waals surface area contributed by atoms with Gasteiger partial charge in [-0.05, 0) is 26.3 Å². The van der Waals surface area contributed by atoms with E-state index in [-0.39, 0.29) is 0 Å². The largest absolute Gasteiger partial charge is 0.314 e. The Bertz CT molecular complexity index is 201. The zero-order valence-corrected chi connectivity index (χ0v) is 7.72. The lowest BCUT2D eigenvalue weighted by atomic mass is 10.1. The van der Waals surface area contributed by atoms with E-state index in [9.17, 15) is 0 Å². The Morgan fingerprint density at radius 2 is 2.33 bits per heavy atom. The quantitative estimate of drug-likeness (QED) is 0.578. The molecule has 1 heterocycles. The molecule has 1 N–H and O–H groups in total. The molecule has 0 saturated carbocycles. The van der Waals surface area contributed by atoms with Gasteiger partial charge < -0.3 is 5.32 Å². The van der Waals surface area contributed by atoms with Crippen molar-refractivity contribution in [1.29, 1.82) is 0 Å². The lowest BCUT2D eigenvalue weighted by Crippen LogP contribution is -2.27. The van der Waals surface area contributed by atoms with Crippen molar-refractivity contribution >= 4 is 0 Å². The summed E-state index contributed by atoms with van der Waals surface area (Å²) in [7, 11) is 0. The maximum Gasteiger partial charge on any atom is 0.00790 e. The highest BCUT2D eigenvalue weighted by Gasteiger charge is 2.01. The highest BCUT2D eigenvalue weighted by Crippen LogP contribution is 2.05. The van der Waals surface area contributed by atoms with Gasteiger partial charge in [0, 0.05) is 6.04 Å². The predicted molar refractivity (Wildman–Crippen MR) is 54.1 cm³/mol. The van der Waals surface area contributed by atoms with Gasteiger partial charge in [-0.3, -0.25) is 0 Å². The fourth-order valence-corrected chi connectivity index (χ4v) is 1.31. The van der Waals surface area contributed by atoms with Crippen LogP contribution in [-0.2, 0) is 0 Å². The summed E-state index contributed by atoms with van der Waals surface area (Å²) in [4.78, 5) is 0. The van der Waals surface area contributed by atoms with Crippen molar-refractivity contribution in [2.45, 2.75) is 25.8 Å². The van der Waals surface area contributed by atoms with E-state index in [0.717, 1.165) is 19.4 Å². The second-order valence-electron chi connectivity index (χ2n) is 3.29. The van der Waals surface area contributed by atoms with Gasteiger partial charge in [0.2, 0.25) is 0 Å². The molecule has 1 aliphatic heterocycles. The molecule has 1 rings (SSSR count). The molecule has 0 saturated heterocycles. The third-order valence-electron chi connectivity index (χ3n) is 1.95. The molecule has 0 aliphatic carbocycles. The van der Waals surface area contributed by atoms with Gasteiger partial charge in [0.15, 0.2) is 0 Å².